The zero-order valence-electron chi connectivity index (χ0n) is 10.5. The molecule has 0 amide bonds. The summed E-state index contributed by atoms with van der Waals surface area (Å²) in [5, 5.41) is 3.46. The molecule has 1 aromatic carbocycles. The number of nitrogens with one attached hydrogen (secondary N) is 1. The van der Waals surface area contributed by atoms with Gasteiger partial charge in [-0.3, -0.25) is 4.90 Å². The van der Waals surface area contributed by atoms with E-state index in [4.69, 9.17) is 0 Å². The predicted molar refractivity (Wildman–Crippen MR) is 76.4 cm³/mol. The predicted octanol–water partition coefficient (Wildman–Crippen LogP) is 2.68. The molecule has 0 bridgehead atoms. The second-order valence-corrected chi connectivity index (χ2v) is 5.74. The summed E-state index contributed by atoms with van der Waals surface area (Å²) >= 11 is 3.54. The van der Waals surface area contributed by atoms with E-state index >= 15 is 0 Å². The summed E-state index contributed by atoms with van der Waals surface area (Å²) in [7, 11) is 0. The first kappa shape index (κ1) is 13.1. The Morgan fingerprint density at radius 1 is 1.35 bits per heavy atom. The Labute approximate surface area is 113 Å². The molecule has 0 radical (unpaired) electrons. The van der Waals surface area contributed by atoms with E-state index in [1.54, 1.807) is 0 Å². The lowest BCUT2D eigenvalue weighted by Gasteiger charge is -2.27. The van der Waals surface area contributed by atoms with Gasteiger partial charge < -0.3 is 5.32 Å². The van der Waals surface area contributed by atoms with E-state index in [-0.39, 0.29) is 0 Å². The summed E-state index contributed by atoms with van der Waals surface area (Å²) in [5.41, 5.74) is 1.42. The van der Waals surface area contributed by atoms with E-state index in [1.807, 2.05) is 0 Å². The molecule has 1 aromatic rings. The topological polar surface area (TPSA) is 15.3 Å². The van der Waals surface area contributed by atoms with Crippen LogP contribution < -0.4 is 5.32 Å². The summed E-state index contributed by atoms with van der Waals surface area (Å²) in [6.07, 6.45) is 2.41. The average Bonchev–Trinajstić information content (AvgIpc) is 2.57. The van der Waals surface area contributed by atoms with Crippen LogP contribution in [-0.4, -0.2) is 37.1 Å². The van der Waals surface area contributed by atoms with Gasteiger partial charge in [0, 0.05) is 23.6 Å². The van der Waals surface area contributed by atoms with E-state index in [9.17, 15) is 0 Å². The standard InChI is InChI=1S/C14H21BrN2/c1-12(17-8-3-6-16-7-9-17)10-13-4-2-5-14(15)11-13/h2,4-5,11-12,16H,3,6-10H2,1H3. The van der Waals surface area contributed by atoms with Crippen molar-refractivity contribution in [2.45, 2.75) is 25.8 Å². The smallest absolute Gasteiger partial charge is 0.0178 e. The molecule has 1 unspecified atom stereocenters. The van der Waals surface area contributed by atoms with Crippen molar-refractivity contribution in [1.82, 2.24) is 10.2 Å². The quantitative estimate of drug-likeness (QED) is 0.923. The van der Waals surface area contributed by atoms with Crippen LogP contribution in [0.15, 0.2) is 28.7 Å². The van der Waals surface area contributed by atoms with Crippen LogP contribution in [0.1, 0.15) is 18.9 Å². The summed E-state index contributed by atoms with van der Waals surface area (Å²) in [5.74, 6) is 0. The largest absolute Gasteiger partial charge is 0.315 e. The van der Waals surface area contributed by atoms with Gasteiger partial charge in [0.25, 0.3) is 0 Å². The highest BCUT2D eigenvalue weighted by molar-refractivity contribution is 9.10. The molecule has 3 heteroatoms. The van der Waals surface area contributed by atoms with E-state index in [0.717, 1.165) is 13.0 Å². The molecule has 0 aromatic heterocycles. The van der Waals surface area contributed by atoms with Crippen LogP contribution in [0.3, 0.4) is 0 Å². The van der Waals surface area contributed by atoms with Crippen molar-refractivity contribution >= 4 is 15.9 Å². The van der Waals surface area contributed by atoms with Crippen LogP contribution in [0, 0.1) is 0 Å². The van der Waals surface area contributed by atoms with E-state index in [1.165, 1.54) is 36.1 Å². The molecule has 17 heavy (non-hydrogen) atoms. The minimum atomic E-state index is 0.629. The number of nitrogens with zero attached hydrogens (tertiary/aromatic N) is 1. The first-order valence-electron chi connectivity index (χ1n) is 6.45. The Hall–Kier alpha value is -0.380. The van der Waals surface area contributed by atoms with Crippen molar-refractivity contribution in [2.75, 3.05) is 26.2 Å². The Morgan fingerprint density at radius 3 is 3.06 bits per heavy atom. The maximum Gasteiger partial charge on any atom is 0.0178 e. The van der Waals surface area contributed by atoms with Gasteiger partial charge >= 0.3 is 0 Å². The first-order chi connectivity index (χ1) is 8.25. The lowest BCUT2D eigenvalue weighted by atomic mass is 10.1. The van der Waals surface area contributed by atoms with Crippen LogP contribution in [0.5, 0.6) is 0 Å². The highest BCUT2D eigenvalue weighted by atomic mass is 79.9. The molecule has 0 aliphatic carbocycles. The molecule has 1 N–H and O–H groups in total. The summed E-state index contributed by atoms with van der Waals surface area (Å²) < 4.78 is 1.18. The van der Waals surface area contributed by atoms with Gasteiger partial charge in [-0.25, -0.2) is 0 Å². The van der Waals surface area contributed by atoms with Gasteiger partial charge in [0.1, 0.15) is 0 Å². The zero-order chi connectivity index (χ0) is 12.1. The van der Waals surface area contributed by atoms with Gasteiger partial charge in [-0.2, -0.15) is 0 Å². The Morgan fingerprint density at radius 2 is 2.24 bits per heavy atom. The fourth-order valence-electron chi connectivity index (χ4n) is 2.44. The summed E-state index contributed by atoms with van der Waals surface area (Å²) in [6.45, 7) is 7.03. The van der Waals surface area contributed by atoms with Crippen LogP contribution in [0.4, 0.5) is 0 Å². The van der Waals surface area contributed by atoms with Gasteiger partial charge in [-0.1, -0.05) is 28.1 Å². The van der Waals surface area contributed by atoms with Gasteiger partial charge in [0.15, 0.2) is 0 Å². The van der Waals surface area contributed by atoms with Crippen molar-refractivity contribution in [3.8, 4) is 0 Å². The minimum Gasteiger partial charge on any atom is -0.315 e. The molecule has 0 saturated carbocycles. The molecule has 1 atom stereocenters. The number of halogens is 1. The Kier molecular flexibility index (Phi) is 5.01. The molecule has 0 spiro atoms. The summed E-state index contributed by atoms with van der Waals surface area (Å²) in [4.78, 5) is 2.60. The second-order valence-electron chi connectivity index (χ2n) is 4.82. The Balaban J connectivity index is 1.93. The van der Waals surface area contributed by atoms with Crippen molar-refractivity contribution in [3.05, 3.63) is 34.3 Å². The molecular weight excluding hydrogens is 276 g/mol. The van der Waals surface area contributed by atoms with Crippen molar-refractivity contribution < 1.29 is 0 Å². The van der Waals surface area contributed by atoms with E-state index in [2.05, 4.69) is 57.3 Å². The lowest BCUT2D eigenvalue weighted by Crippen LogP contribution is -2.37. The van der Waals surface area contributed by atoms with Crippen LogP contribution in [0.2, 0.25) is 0 Å². The van der Waals surface area contributed by atoms with Gasteiger partial charge in [-0.05, 0) is 50.6 Å². The SMILES string of the molecule is CC(Cc1cccc(Br)c1)N1CCCNCC1. The van der Waals surface area contributed by atoms with E-state index < -0.39 is 0 Å². The minimum absolute atomic E-state index is 0.629. The molecule has 1 aliphatic rings. The molecule has 1 heterocycles. The molecule has 1 saturated heterocycles. The first-order valence-corrected chi connectivity index (χ1v) is 7.24. The van der Waals surface area contributed by atoms with E-state index in [0.29, 0.717) is 6.04 Å². The van der Waals surface area contributed by atoms with Gasteiger partial charge in [0.2, 0.25) is 0 Å². The number of hydrogen-bond acceptors (Lipinski definition) is 2. The highest BCUT2D eigenvalue weighted by Gasteiger charge is 2.15. The fraction of sp³-hybridized carbons (Fsp3) is 0.571. The van der Waals surface area contributed by atoms with Crippen LogP contribution in [0.25, 0.3) is 0 Å². The maximum absolute atomic E-state index is 3.54. The normalized spacial score (nSPS) is 19.9. The molecule has 1 fully saturated rings. The number of hydrogen-bond donors (Lipinski definition) is 1. The fourth-order valence-corrected chi connectivity index (χ4v) is 2.89. The second kappa shape index (κ2) is 6.53. The average molecular weight is 297 g/mol. The maximum atomic E-state index is 3.54. The molecule has 2 rings (SSSR count). The van der Waals surface area contributed by atoms with Gasteiger partial charge in [0.05, 0.1) is 0 Å². The van der Waals surface area contributed by atoms with Crippen molar-refractivity contribution in [2.24, 2.45) is 0 Å². The third-order valence-corrected chi connectivity index (χ3v) is 3.91. The Bertz CT molecular complexity index is 346. The van der Waals surface area contributed by atoms with Crippen molar-refractivity contribution in [3.63, 3.8) is 0 Å². The third-order valence-electron chi connectivity index (χ3n) is 3.42. The zero-order valence-corrected chi connectivity index (χ0v) is 12.0. The van der Waals surface area contributed by atoms with Gasteiger partial charge in [-0.15, -0.1) is 0 Å². The highest BCUT2D eigenvalue weighted by Crippen LogP contribution is 2.15. The van der Waals surface area contributed by atoms with Crippen LogP contribution >= 0.6 is 15.9 Å². The summed E-state index contributed by atoms with van der Waals surface area (Å²) in [6, 6.07) is 9.29. The lowest BCUT2D eigenvalue weighted by molar-refractivity contribution is 0.221. The monoisotopic (exact) mass is 296 g/mol. The van der Waals surface area contributed by atoms with Crippen molar-refractivity contribution in [1.29, 1.82) is 0 Å². The number of benzene rings is 1. The molecule has 94 valence electrons. The molecule has 1 aliphatic heterocycles. The number of rotatable bonds is 3. The molecule has 2 nitrogen and oxygen atoms in total. The molecular formula is C14H21BrN2. The third kappa shape index (κ3) is 4.09. The van der Waals surface area contributed by atoms with Crippen LogP contribution in [-0.2, 0) is 6.42 Å².